The highest BCUT2D eigenvalue weighted by Crippen LogP contribution is 2.22. The molecule has 1 aromatic heterocycles. The Kier molecular flexibility index (Phi) is 5.10. The van der Waals surface area contributed by atoms with E-state index in [-0.39, 0.29) is 0 Å². The third kappa shape index (κ3) is 4.30. The van der Waals surface area contributed by atoms with E-state index in [1.54, 1.807) is 6.33 Å². The highest BCUT2D eigenvalue weighted by Gasteiger charge is 2.24. The van der Waals surface area contributed by atoms with Crippen LogP contribution in [-0.2, 0) is 9.47 Å². The molecule has 3 rings (SSSR count). The Balaban J connectivity index is 1.58. The van der Waals surface area contributed by atoms with Gasteiger partial charge in [0.25, 0.3) is 0 Å². The molecule has 2 N–H and O–H groups in total. The lowest BCUT2D eigenvalue weighted by atomic mass is 10.00. The summed E-state index contributed by atoms with van der Waals surface area (Å²) in [4.78, 5) is 8.66. The number of hydrogen-bond donors (Lipinski definition) is 2. The Bertz CT molecular complexity index is 469. The predicted octanol–water partition coefficient (Wildman–Crippen LogP) is 2.44. The number of ether oxygens (including phenoxy) is 2. The maximum absolute atomic E-state index is 5.78. The molecular formula is C16H26N4O2. The fourth-order valence-electron chi connectivity index (χ4n) is 3.31. The van der Waals surface area contributed by atoms with Gasteiger partial charge in [-0.15, -0.1) is 0 Å². The normalized spacial score (nSPS) is 32.5. The van der Waals surface area contributed by atoms with Crippen LogP contribution in [0, 0.1) is 0 Å². The quantitative estimate of drug-likeness (QED) is 0.890. The zero-order valence-electron chi connectivity index (χ0n) is 13.4. The van der Waals surface area contributed by atoms with E-state index < -0.39 is 0 Å². The van der Waals surface area contributed by atoms with Crippen LogP contribution in [-0.4, -0.2) is 47.5 Å². The maximum atomic E-state index is 5.78. The largest absolute Gasteiger partial charge is 0.379 e. The van der Waals surface area contributed by atoms with Gasteiger partial charge in [-0.05, 0) is 39.5 Å². The summed E-state index contributed by atoms with van der Waals surface area (Å²) in [7, 11) is 0. The van der Waals surface area contributed by atoms with Gasteiger partial charge in [0.15, 0.2) is 0 Å². The number of anilines is 2. The van der Waals surface area contributed by atoms with E-state index >= 15 is 0 Å². The van der Waals surface area contributed by atoms with Crippen molar-refractivity contribution in [1.29, 1.82) is 0 Å². The van der Waals surface area contributed by atoms with E-state index in [9.17, 15) is 0 Å². The van der Waals surface area contributed by atoms with Gasteiger partial charge < -0.3 is 20.1 Å². The lowest BCUT2D eigenvalue weighted by molar-refractivity contribution is -0.0338. The van der Waals surface area contributed by atoms with Crippen LogP contribution in [0.25, 0.3) is 0 Å². The Morgan fingerprint density at radius 2 is 1.73 bits per heavy atom. The van der Waals surface area contributed by atoms with Crippen LogP contribution in [0.3, 0.4) is 0 Å². The van der Waals surface area contributed by atoms with Crippen molar-refractivity contribution in [2.75, 3.05) is 23.8 Å². The monoisotopic (exact) mass is 306 g/mol. The molecule has 6 heteroatoms. The van der Waals surface area contributed by atoms with Crippen LogP contribution in [0.2, 0.25) is 0 Å². The van der Waals surface area contributed by atoms with Gasteiger partial charge >= 0.3 is 0 Å². The van der Waals surface area contributed by atoms with Gasteiger partial charge in [0, 0.05) is 18.7 Å². The number of hydrogen-bond acceptors (Lipinski definition) is 6. The molecule has 1 aromatic rings. The molecule has 0 bridgehead atoms. The first kappa shape index (κ1) is 15.5. The molecule has 2 aliphatic heterocycles. The third-order valence-corrected chi connectivity index (χ3v) is 4.23. The van der Waals surface area contributed by atoms with Gasteiger partial charge in [0.05, 0.1) is 24.9 Å². The zero-order valence-corrected chi connectivity index (χ0v) is 13.4. The first-order valence-electron chi connectivity index (χ1n) is 8.27. The van der Waals surface area contributed by atoms with Crippen LogP contribution >= 0.6 is 0 Å². The Morgan fingerprint density at radius 1 is 1.05 bits per heavy atom. The van der Waals surface area contributed by atoms with Crippen LogP contribution < -0.4 is 10.6 Å². The van der Waals surface area contributed by atoms with E-state index in [1.807, 2.05) is 6.07 Å². The molecule has 0 amide bonds. The summed E-state index contributed by atoms with van der Waals surface area (Å²) >= 11 is 0. The molecule has 1 unspecified atom stereocenters. The minimum Gasteiger partial charge on any atom is -0.379 e. The van der Waals surface area contributed by atoms with Crippen molar-refractivity contribution in [3.63, 3.8) is 0 Å². The first-order valence-corrected chi connectivity index (χ1v) is 8.27. The van der Waals surface area contributed by atoms with Crippen LogP contribution in [0.4, 0.5) is 11.6 Å². The predicted molar refractivity (Wildman–Crippen MR) is 86.1 cm³/mol. The molecule has 2 saturated heterocycles. The van der Waals surface area contributed by atoms with Crippen molar-refractivity contribution < 1.29 is 9.47 Å². The summed E-state index contributed by atoms with van der Waals surface area (Å²) in [6.45, 7) is 5.87. The summed E-state index contributed by atoms with van der Waals surface area (Å²) in [5, 5.41) is 6.95. The van der Waals surface area contributed by atoms with Crippen molar-refractivity contribution in [3.8, 4) is 0 Å². The van der Waals surface area contributed by atoms with Crippen molar-refractivity contribution in [3.05, 3.63) is 12.4 Å². The van der Waals surface area contributed by atoms with E-state index in [1.165, 1.54) is 0 Å². The molecule has 0 spiro atoms. The van der Waals surface area contributed by atoms with Gasteiger partial charge in [-0.25, -0.2) is 9.97 Å². The number of aromatic nitrogens is 2. The molecule has 6 nitrogen and oxygen atoms in total. The van der Waals surface area contributed by atoms with Gasteiger partial charge in [-0.2, -0.15) is 0 Å². The van der Waals surface area contributed by atoms with Crippen molar-refractivity contribution in [2.24, 2.45) is 0 Å². The van der Waals surface area contributed by atoms with Gasteiger partial charge in [0.1, 0.15) is 18.0 Å². The van der Waals surface area contributed by atoms with E-state index in [0.717, 1.165) is 50.5 Å². The van der Waals surface area contributed by atoms with Crippen LogP contribution in [0.15, 0.2) is 12.4 Å². The van der Waals surface area contributed by atoms with Crippen molar-refractivity contribution in [1.82, 2.24) is 9.97 Å². The van der Waals surface area contributed by atoms with E-state index in [4.69, 9.17) is 9.47 Å². The second-order valence-electron chi connectivity index (χ2n) is 6.42. The third-order valence-electron chi connectivity index (χ3n) is 4.23. The van der Waals surface area contributed by atoms with Gasteiger partial charge in [0.2, 0.25) is 0 Å². The molecule has 0 saturated carbocycles. The van der Waals surface area contributed by atoms with Gasteiger partial charge in [-0.3, -0.25) is 0 Å². The second kappa shape index (κ2) is 7.24. The number of rotatable bonds is 4. The molecule has 2 fully saturated rings. The zero-order chi connectivity index (χ0) is 15.4. The minimum atomic E-state index is 0.292. The summed E-state index contributed by atoms with van der Waals surface area (Å²) in [6.07, 6.45) is 6.44. The molecule has 0 radical (unpaired) electrons. The van der Waals surface area contributed by atoms with Crippen molar-refractivity contribution >= 4 is 11.6 Å². The highest BCUT2D eigenvalue weighted by molar-refractivity contribution is 5.47. The molecular weight excluding hydrogens is 280 g/mol. The Hall–Kier alpha value is -1.40. The summed E-state index contributed by atoms with van der Waals surface area (Å²) in [5.74, 6) is 1.74. The first-order chi connectivity index (χ1) is 10.7. The molecule has 4 atom stereocenters. The molecule has 3 heterocycles. The summed E-state index contributed by atoms with van der Waals surface area (Å²) < 4.78 is 11.3. The van der Waals surface area contributed by atoms with Crippen molar-refractivity contribution in [2.45, 2.75) is 63.8 Å². The van der Waals surface area contributed by atoms with Crippen LogP contribution in [0.1, 0.15) is 39.5 Å². The molecule has 0 aromatic carbocycles. The minimum absolute atomic E-state index is 0.292. The Labute approximate surface area is 132 Å². The number of nitrogens with zero attached hydrogens (tertiary/aromatic N) is 2. The lowest BCUT2D eigenvalue weighted by Gasteiger charge is -2.32. The maximum Gasteiger partial charge on any atom is 0.131 e. The molecule has 2 aliphatic rings. The lowest BCUT2D eigenvalue weighted by Crippen LogP contribution is -2.37. The average Bonchev–Trinajstić information content (AvgIpc) is 2.47. The fraction of sp³-hybridized carbons (Fsp3) is 0.750. The smallest absolute Gasteiger partial charge is 0.131 e. The summed E-state index contributed by atoms with van der Waals surface area (Å²) in [5.41, 5.74) is 0. The topological polar surface area (TPSA) is 68.3 Å². The SMILES string of the molecule is C[C@@H]1CC(Nc2cc(N[C@@H]3CCCOC3)ncn2)C[C@H](C)O1. The molecule has 122 valence electrons. The van der Waals surface area contributed by atoms with Crippen LogP contribution in [0.5, 0.6) is 0 Å². The molecule has 22 heavy (non-hydrogen) atoms. The standard InChI is InChI=1S/C16H26N4O2/c1-11-6-14(7-12(2)22-11)20-16-8-15(17-10-18-16)19-13-4-3-5-21-9-13/h8,10-14H,3-7,9H2,1-2H3,(H2,17,18,19,20)/t11-,12+,13-,14?/m1/s1. The Morgan fingerprint density at radius 3 is 2.36 bits per heavy atom. The summed E-state index contributed by atoms with van der Waals surface area (Å²) in [6, 6.07) is 2.73. The highest BCUT2D eigenvalue weighted by atomic mass is 16.5. The molecule has 0 aliphatic carbocycles. The second-order valence-corrected chi connectivity index (χ2v) is 6.42. The van der Waals surface area contributed by atoms with Gasteiger partial charge in [-0.1, -0.05) is 0 Å². The fourth-order valence-corrected chi connectivity index (χ4v) is 3.31. The number of nitrogens with one attached hydrogen (secondary N) is 2. The van der Waals surface area contributed by atoms with E-state index in [2.05, 4.69) is 34.4 Å². The van der Waals surface area contributed by atoms with E-state index in [0.29, 0.717) is 24.3 Å². The average molecular weight is 306 g/mol.